The first kappa shape index (κ1) is 17.0. The molecule has 1 atom stereocenters. The third-order valence-corrected chi connectivity index (χ3v) is 2.76. The molecule has 0 aliphatic carbocycles. The van der Waals surface area contributed by atoms with Crippen LogP contribution < -0.4 is 10.1 Å². The Kier molecular flexibility index (Phi) is 5.02. The lowest BCUT2D eigenvalue weighted by molar-refractivity contribution is -0.148. The molecular formula is C13H14F4N4O2. The van der Waals surface area contributed by atoms with Gasteiger partial charge in [-0.2, -0.15) is 8.78 Å². The van der Waals surface area contributed by atoms with E-state index in [2.05, 4.69) is 25.2 Å². The summed E-state index contributed by atoms with van der Waals surface area (Å²) in [6, 6.07) is 2.49. The highest BCUT2D eigenvalue weighted by Crippen LogP contribution is 2.24. The minimum Gasteiger partial charge on any atom is -0.471 e. The van der Waals surface area contributed by atoms with Gasteiger partial charge < -0.3 is 14.5 Å². The second kappa shape index (κ2) is 6.80. The number of rotatable bonds is 7. The van der Waals surface area contributed by atoms with Crippen molar-refractivity contribution in [3.63, 3.8) is 0 Å². The number of pyridine rings is 1. The molecule has 0 radical (unpaired) electrons. The van der Waals surface area contributed by atoms with E-state index < -0.39 is 19.0 Å². The quantitative estimate of drug-likeness (QED) is 0.784. The molecule has 10 heteroatoms. The van der Waals surface area contributed by atoms with Gasteiger partial charge in [-0.1, -0.05) is 0 Å². The number of nitrogens with one attached hydrogen (secondary N) is 1. The van der Waals surface area contributed by atoms with Crippen LogP contribution in [-0.4, -0.2) is 34.1 Å². The molecule has 0 aliphatic heterocycles. The number of hydrogen-bond donors (Lipinski definition) is 1. The van der Waals surface area contributed by atoms with Crippen LogP contribution in [0, 0.1) is 6.92 Å². The summed E-state index contributed by atoms with van der Waals surface area (Å²) >= 11 is 0. The number of hydrogen-bond acceptors (Lipinski definition) is 6. The molecule has 126 valence electrons. The summed E-state index contributed by atoms with van der Waals surface area (Å²) in [7, 11) is 0. The summed E-state index contributed by atoms with van der Waals surface area (Å²) in [5.41, 5.74) is 0.543. The van der Waals surface area contributed by atoms with Gasteiger partial charge in [0, 0.05) is 13.0 Å². The van der Waals surface area contributed by atoms with Crippen LogP contribution in [0.3, 0.4) is 0 Å². The van der Waals surface area contributed by atoms with E-state index in [1.54, 1.807) is 13.8 Å². The van der Waals surface area contributed by atoms with Gasteiger partial charge in [0.1, 0.15) is 6.04 Å². The van der Waals surface area contributed by atoms with Gasteiger partial charge in [-0.25, -0.2) is 13.8 Å². The third kappa shape index (κ3) is 4.54. The van der Waals surface area contributed by atoms with Crippen LogP contribution >= 0.6 is 0 Å². The molecule has 2 heterocycles. The molecule has 23 heavy (non-hydrogen) atoms. The minimum atomic E-state index is -4.22. The maximum atomic E-state index is 12.7. The summed E-state index contributed by atoms with van der Waals surface area (Å²) in [6.07, 6.45) is -2.47. The van der Waals surface area contributed by atoms with Crippen LogP contribution in [-0.2, 0) is 0 Å². The molecule has 0 saturated carbocycles. The highest BCUT2D eigenvalue weighted by Gasteiger charge is 2.41. The third-order valence-electron chi connectivity index (χ3n) is 2.76. The van der Waals surface area contributed by atoms with Gasteiger partial charge in [0.25, 0.3) is 0 Å². The fourth-order valence-corrected chi connectivity index (χ4v) is 1.58. The molecule has 0 spiro atoms. The zero-order chi connectivity index (χ0) is 17.0. The second-order valence-electron chi connectivity index (χ2n) is 4.76. The zero-order valence-electron chi connectivity index (χ0n) is 12.3. The summed E-state index contributed by atoms with van der Waals surface area (Å²) in [4.78, 5) is 3.76. The Hall–Kier alpha value is -2.39. The number of anilines is 1. The molecule has 1 unspecified atom stereocenters. The van der Waals surface area contributed by atoms with Gasteiger partial charge in [0.05, 0.1) is 11.9 Å². The van der Waals surface area contributed by atoms with Crippen molar-refractivity contribution < 1.29 is 26.7 Å². The monoisotopic (exact) mass is 334 g/mol. The number of aryl methyl sites for hydroxylation is 1. The largest absolute Gasteiger partial charge is 0.471 e. The van der Waals surface area contributed by atoms with E-state index >= 15 is 0 Å². The van der Waals surface area contributed by atoms with Crippen molar-refractivity contribution in [2.75, 3.05) is 11.9 Å². The first-order chi connectivity index (χ1) is 10.8. The van der Waals surface area contributed by atoms with Gasteiger partial charge in [0.15, 0.2) is 6.61 Å². The summed E-state index contributed by atoms with van der Waals surface area (Å²) in [5, 5.41) is 10.6. The first-order valence-corrected chi connectivity index (χ1v) is 6.59. The Bertz CT molecular complexity index is 633. The van der Waals surface area contributed by atoms with Crippen molar-refractivity contribution in [2.45, 2.75) is 32.2 Å². The second-order valence-corrected chi connectivity index (χ2v) is 4.76. The van der Waals surface area contributed by atoms with Crippen molar-refractivity contribution in [3.05, 3.63) is 30.1 Å². The van der Waals surface area contributed by atoms with Crippen LogP contribution in [0.5, 0.6) is 5.88 Å². The van der Waals surface area contributed by atoms with Crippen LogP contribution in [0.1, 0.15) is 24.7 Å². The zero-order valence-corrected chi connectivity index (χ0v) is 12.3. The normalized spacial score (nSPS) is 13.2. The average Bonchev–Trinajstić information content (AvgIpc) is 2.93. The fraction of sp³-hybridized carbons (Fsp3) is 0.462. The average molecular weight is 334 g/mol. The Balaban J connectivity index is 1.92. The summed E-state index contributed by atoms with van der Waals surface area (Å²) in [5.74, 6) is -3.60. The van der Waals surface area contributed by atoms with E-state index in [0.717, 1.165) is 0 Å². The van der Waals surface area contributed by atoms with Gasteiger partial charge in [-0.15, -0.1) is 10.2 Å². The molecule has 1 N–H and O–H groups in total. The molecule has 0 saturated heterocycles. The Morgan fingerprint density at radius 1 is 1.30 bits per heavy atom. The lowest BCUT2D eigenvalue weighted by atomic mass is 10.3. The number of ether oxygens (including phenoxy) is 1. The standard InChI is InChI=1S/C13H14F4N4O2/c1-7(11-21-20-8(2)23-11)19-9-3-4-10(18-5-9)22-6-13(16,17)12(14)15/h3-5,7,12,19H,6H2,1-2H3. The van der Waals surface area contributed by atoms with E-state index in [0.29, 0.717) is 17.5 Å². The molecule has 0 fully saturated rings. The predicted molar refractivity (Wildman–Crippen MR) is 71.8 cm³/mol. The number of halogens is 4. The van der Waals surface area contributed by atoms with E-state index in [1.165, 1.54) is 18.3 Å². The lowest BCUT2D eigenvalue weighted by Crippen LogP contribution is -2.33. The van der Waals surface area contributed by atoms with Crippen molar-refractivity contribution in [1.29, 1.82) is 0 Å². The van der Waals surface area contributed by atoms with Crippen molar-refractivity contribution >= 4 is 5.69 Å². The Morgan fingerprint density at radius 3 is 2.57 bits per heavy atom. The Labute approximate surface area is 128 Å². The van der Waals surface area contributed by atoms with Crippen LogP contribution in [0.25, 0.3) is 0 Å². The van der Waals surface area contributed by atoms with E-state index in [4.69, 9.17) is 4.42 Å². The molecule has 2 rings (SSSR count). The van der Waals surface area contributed by atoms with Crippen molar-refractivity contribution in [1.82, 2.24) is 15.2 Å². The van der Waals surface area contributed by atoms with Gasteiger partial charge in [-0.05, 0) is 13.0 Å². The SMILES string of the molecule is Cc1nnc(C(C)Nc2ccc(OCC(F)(F)C(F)F)nc2)o1. The summed E-state index contributed by atoms with van der Waals surface area (Å²) < 4.78 is 59.3. The van der Waals surface area contributed by atoms with Crippen LogP contribution in [0.4, 0.5) is 23.2 Å². The van der Waals surface area contributed by atoms with E-state index in [9.17, 15) is 17.6 Å². The molecule has 2 aromatic rings. The molecule has 6 nitrogen and oxygen atoms in total. The van der Waals surface area contributed by atoms with Gasteiger partial charge in [-0.3, -0.25) is 0 Å². The van der Waals surface area contributed by atoms with E-state index in [1.807, 2.05) is 0 Å². The molecular weight excluding hydrogens is 320 g/mol. The molecule has 0 amide bonds. The number of alkyl halides is 4. The fourth-order valence-electron chi connectivity index (χ4n) is 1.58. The van der Waals surface area contributed by atoms with Gasteiger partial charge >= 0.3 is 12.3 Å². The smallest absolute Gasteiger partial charge is 0.340 e. The van der Waals surface area contributed by atoms with Gasteiger partial charge in [0.2, 0.25) is 17.7 Å². The van der Waals surface area contributed by atoms with E-state index in [-0.39, 0.29) is 11.9 Å². The first-order valence-electron chi connectivity index (χ1n) is 6.59. The molecule has 0 aliphatic rings. The number of aromatic nitrogens is 3. The lowest BCUT2D eigenvalue weighted by Gasteiger charge is -2.16. The highest BCUT2D eigenvalue weighted by atomic mass is 19.3. The molecule has 0 aromatic carbocycles. The van der Waals surface area contributed by atoms with Crippen molar-refractivity contribution in [2.24, 2.45) is 0 Å². The van der Waals surface area contributed by atoms with Crippen LogP contribution in [0.15, 0.2) is 22.7 Å². The number of nitrogens with zero attached hydrogens (tertiary/aromatic N) is 3. The molecule has 2 aromatic heterocycles. The molecule has 0 bridgehead atoms. The topological polar surface area (TPSA) is 73.1 Å². The highest BCUT2D eigenvalue weighted by molar-refractivity contribution is 5.43. The maximum Gasteiger partial charge on any atom is 0.340 e. The summed E-state index contributed by atoms with van der Waals surface area (Å²) in [6.45, 7) is 1.99. The Morgan fingerprint density at radius 2 is 2.04 bits per heavy atom. The van der Waals surface area contributed by atoms with Crippen molar-refractivity contribution in [3.8, 4) is 5.88 Å². The maximum absolute atomic E-state index is 12.7. The minimum absolute atomic E-state index is 0.183. The van der Waals surface area contributed by atoms with Crippen LogP contribution in [0.2, 0.25) is 0 Å². The predicted octanol–water partition coefficient (Wildman–Crippen LogP) is 3.23.